The summed E-state index contributed by atoms with van der Waals surface area (Å²) in [7, 11) is 1.38. The number of halogens is 3. The number of alkyl halides is 3. The second-order valence-corrected chi connectivity index (χ2v) is 10.3. The molecule has 0 aliphatic heterocycles. The number of hydrogen-bond donors (Lipinski definition) is 2. The van der Waals surface area contributed by atoms with Crippen molar-refractivity contribution in [3.63, 3.8) is 0 Å². The summed E-state index contributed by atoms with van der Waals surface area (Å²) in [6.45, 7) is 5.85. The van der Waals surface area contributed by atoms with E-state index in [1.807, 2.05) is 32.9 Å². The average molecular weight is 563 g/mol. The SMILES string of the molecule is COc1c(CCC(C)C)cc(C(F)(F)F)cc1NC(=O)c1ccc(C)c(-n2cc(-c3cnc4[nH]ccc4c3)nn2)c1. The molecule has 0 bridgehead atoms. The van der Waals surface area contributed by atoms with Crippen LogP contribution in [0.4, 0.5) is 18.9 Å². The van der Waals surface area contributed by atoms with Crippen LogP contribution in [0.3, 0.4) is 0 Å². The number of benzene rings is 2. The van der Waals surface area contributed by atoms with Crippen LogP contribution in [0.15, 0.2) is 61.1 Å². The van der Waals surface area contributed by atoms with Crippen molar-refractivity contribution in [1.29, 1.82) is 0 Å². The number of carbonyl (C=O) groups is 1. The fraction of sp³-hybridized carbons (Fsp3) is 0.267. The van der Waals surface area contributed by atoms with Gasteiger partial charge in [0.15, 0.2) is 0 Å². The topological polar surface area (TPSA) is 97.7 Å². The summed E-state index contributed by atoms with van der Waals surface area (Å²) < 4.78 is 48.2. The Labute approximate surface area is 234 Å². The first-order valence-corrected chi connectivity index (χ1v) is 13.1. The van der Waals surface area contributed by atoms with E-state index in [1.165, 1.54) is 7.11 Å². The van der Waals surface area contributed by atoms with Gasteiger partial charge in [-0.1, -0.05) is 25.1 Å². The highest BCUT2D eigenvalue weighted by atomic mass is 19.4. The molecule has 5 aromatic rings. The number of aromatic amines is 1. The van der Waals surface area contributed by atoms with Gasteiger partial charge in [0, 0.05) is 28.9 Å². The zero-order valence-electron chi connectivity index (χ0n) is 23.0. The fourth-order valence-corrected chi connectivity index (χ4v) is 4.60. The zero-order chi connectivity index (χ0) is 29.3. The first kappa shape index (κ1) is 27.9. The molecule has 0 unspecified atom stereocenters. The predicted octanol–water partition coefficient (Wildman–Crippen LogP) is 6.99. The second kappa shape index (κ2) is 11.1. The van der Waals surface area contributed by atoms with Crippen LogP contribution in [0.1, 0.15) is 47.3 Å². The van der Waals surface area contributed by atoms with Crippen molar-refractivity contribution in [3.8, 4) is 22.7 Å². The Bertz CT molecular complexity index is 1720. The molecule has 2 N–H and O–H groups in total. The van der Waals surface area contributed by atoms with E-state index in [9.17, 15) is 18.0 Å². The zero-order valence-corrected chi connectivity index (χ0v) is 23.0. The maximum Gasteiger partial charge on any atom is 0.416 e. The summed E-state index contributed by atoms with van der Waals surface area (Å²) in [6.07, 6.45) is 1.70. The number of methoxy groups -OCH3 is 1. The van der Waals surface area contributed by atoms with Crippen molar-refractivity contribution in [1.82, 2.24) is 25.0 Å². The van der Waals surface area contributed by atoms with Crippen molar-refractivity contribution in [2.24, 2.45) is 5.92 Å². The minimum absolute atomic E-state index is 0.0381. The highest BCUT2D eigenvalue weighted by Gasteiger charge is 2.33. The van der Waals surface area contributed by atoms with Gasteiger partial charge in [-0.2, -0.15) is 13.2 Å². The maximum atomic E-state index is 13.7. The number of fused-ring (bicyclic) bond motifs is 1. The van der Waals surface area contributed by atoms with Crippen molar-refractivity contribution in [3.05, 3.63) is 83.3 Å². The van der Waals surface area contributed by atoms with Crippen LogP contribution in [-0.4, -0.2) is 38.0 Å². The molecule has 2 aromatic carbocycles. The van der Waals surface area contributed by atoms with Crippen molar-refractivity contribution in [2.45, 2.75) is 39.8 Å². The smallest absolute Gasteiger partial charge is 0.416 e. The monoisotopic (exact) mass is 562 g/mol. The van der Waals surface area contributed by atoms with Gasteiger partial charge in [0.05, 0.1) is 30.2 Å². The summed E-state index contributed by atoms with van der Waals surface area (Å²) >= 11 is 0. The largest absolute Gasteiger partial charge is 0.494 e. The highest BCUT2D eigenvalue weighted by molar-refractivity contribution is 6.05. The Hall–Kier alpha value is -4.67. The van der Waals surface area contributed by atoms with Crippen LogP contribution in [0.2, 0.25) is 0 Å². The van der Waals surface area contributed by atoms with Crippen molar-refractivity contribution < 1.29 is 22.7 Å². The van der Waals surface area contributed by atoms with Gasteiger partial charge in [0.2, 0.25) is 0 Å². The van der Waals surface area contributed by atoms with Gasteiger partial charge < -0.3 is 15.0 Å². The van der Waals surface area contributed by atoms with Gasteiger partial charge in [-0.15, -0.1) is 5.10 Å². The van der Waals surface area contributed by atoms with E-state index in [4.69, 9.17) is 4.74 Å². The third-order valence-corrected chi connectivity index (χ3v) is 6.84. The first-order chi connectivity index (χ1) is 19.5. The summed E-state index contributed by atoms with van der Waals surface area (Å²) in [5.41, 5.74) is 3.30. The lowest BCUT2D eigenvalue weighted by Gasteiger charge is -2.19. The number of anilines is 1. The molecule has 3 aromatic heterocycles. The van der Waals surface area contributed by atoms with Crippen LogP contribution in [0, 0.1) is 12.8 Å². The quantitative estimate of drug-likeness (QED) is 0.213. The van der Waals surface area contributed by atoms with Crippen LogP contribution < -0.4 is 10.1 Å². The van der Waals surface area contributed by atoms with E-state index in [0.29, 0.717) is 29.8 Å². The minimum atomic E-state index is -4.58. The molecule has 1 amide bonds. The van der Waals surface area contributed by atoms with E-state index in [-0.39, 0.29) is 22.9 Å². The molecule has 0 spiro atoms. The Kier molecular flexibility index (Phi) is 7.53. The third-order valence-electron chi connectivity index (χ3n) is 6.84. The first-order valence-electron chi connectivity index (χ1n) is 13.1. The van der Waals surface area contributed by atoms with Crippen LogP contribution in [0.5, 0.6) is 5.75 Å². The standard InChI is InChI=1S/C30H29F3N6O2/c1-17(2)5-7-19-12-23(30(31,32)33)14-24(27(19)41-4)36-29(40)21-8-6-18(3)26(13-21)39-16-25(37-38-39)22-11-20-9-10-34-28(20)35-15-22/h6,8-17H,5,7H2,1-4H3,(H,34,35)(H,36,40). The maximum absolute atomic E-state index is 13.7. The predicted molar refractivity (Wildman–Crippen MR) is 150 cm³/mol. The average Bonchev–Trinajstić information content (AvgIpc) is 3.61. The fourth-order valence-electron chi connectivity index (χ4n) is 4.60. The van der Waals surface area contributed by atoms with Gasteiger partial charge in [-0.3, -0.25) is 4.79 Å². The second-order valence-electron chi connectivity index (χ2n) is 10.3. The van der Waals surface area contributed by atoms with Gasteiger partial charge in [-0.25, -0.2) is 9.67 Å². The molecule has 3 heterocycles. The Morgan fingerprint density at radius 3 is 2.68 bits per heavy atom. The van der Waals surface area contributed by atoms with E-state index in [2.05, 4.69) is 25.6 Å². The lowest BCUT2D eigenvalue weighted by atomic mass is 9.98. The van der Waals surface area contributed by atoms with Crippen LogP contribution >= 0.6 is 0 Å². The summed E-state index contributed by atoms with van der Waals surface area (Å²) in [5, 5.41) is 12.1. The molecule has 0 aliphatic carbocycles. The Balaban J connectivity index is 1.45. The van der Waals surface area contributed by atoms with Crippen molar-refractivity contribution in [2.75, 3.05) is 12.4 Å². The number of nitrogens with zero attached hydrogens (tertiary/aromatic N) is 4. The number of H-pyrrole nitrogens is 1. The molecular weight excluding hydrogens is 533 g/mol. The third kappa shape index (κ3) is 5.93. The van der Waals surface area contributed by atoms with E-state index < -0.39 is 17.6 Å². The minimum Gasteiger partial charge on any atom is -0.494 e. The van der Waals surface area contributed by atoms with Gasteiger partial charge >= 0.3 is 6.18 Å². The molecule has 5 rings (SSSR count). The molecule has 8 nitrogen and oxygen atoms in total. The molecule has 0 fully saturated rings. The molecule has 0 atom stereocenters. The number of pyridine rings is 1. The molecular formula is C30H29F3N6O2. The molecule has 212 valence electrons. The normalized spacial score (nSPS) is 11.8. The van der Waals surface area contributed by atoms with Gasteiger partial charge in [-0.05, 0) is 73.2 Å². The van der Waals surface area contributed by atoms with Gasteiger partial charge in [0.25, 0.3) is 5.91 Å². The number of ether oxygens (including phenoxy) is 1. The number of amides is 1. The number of aryl methyl sites for hydroxylation is 2. The highest BCUT2D eigenvalue weighted by Crippen LogP contribution is 2.39. The lowest BCUT2D eigenvalue weighted by Crippen LogP contribution is -2.16. The van der Waals surface area contributed by atoms with Crippen LogP contribution in [0.25, 0.3) is 28.0 Å². The molecule has 41 heavy (non-hydrogen) atoms. The molecule has 11 heteroatoms. The molecule has 0 aliphatic rings. The molecule has 0 radical (unpaired) electrons. The number of carbonyl (C=O) groups excluding carboxylic acids is 1. The van der Waals surface area contributed by atoms with Crippen molar-refractivity contribution >= 4 is 22.6 Å². The Morgan fingerprint density at radius 1 is 1.15 bits per heavy atom. The number of aromatic nitrogens is 5. The Morgan fingerprint density at radius 2 is 1.95 bits per heavy atom. The summed E-state index contributed by atoms with van der Waals surface area (Å²) in [6, 6.07) is 10.8. The van der Waals surface area contributed by atoms with E-state index in [0.717, 1.165) is 34.3 Å². The number of rotatable bonds is 8. The molecule has 0 saturated heterocycles. The van der Waals surface area contributed by atoms with Crippen LogP contribution in [-0.2, 0) is 12.6 Å². The number of hydrogen-bond acceptors (Lipinski definition) is 5. The molecule has 0 saturated carbocycles. The lowest BCUT2D eigenvalue weighted by molar-refractivity contribution is -0.137. The van der Waals surface area contributed by atoms with E-state index in [1.54, 1.807) is 41.5 Å². The number of nitrogens with one attached hydrogen (secondary N) is 2. The van der Waals surface area contributed by atoms with E-state index >= 15 is 0 Å². The van der Waals surface area contributed by atoms with Gasteiger partial charge in [0.1, 0.15) is 17.1 Å². The summed E-state index contributed by atoms with van der Waals surface area (Å²) in [5.74, 6) is -0.0854. The summed E-state index contributed by atoms with van der Waals surface area (Å²) in [4.78, 5) is 20.8.